The second-order valence-corrected chi connectivity index (χ2v) is 6.37. The van der Waals surface area contributed by atoms with Gasteiger partial charge in [-0.1, -0.05) is 18.2 Å². The molecule has 6 heteroatoms. The molecule has 1 fully saturated rings. The second kappa shape index (κ2) is 6.83. The summed E-state index contributed by atoms with van der Waals surface area (Å²) in [6.07, 6.45) is -0.904. The third kappa shape index (κ3) is 3.52. The van der Waals surface area contributed by atoms with Crippen molar-refractivity contribution in [2.45, 2.75) is 19.1 Å². The molecule has 22 heavy (non-hydrogen) atoms. The standard InChI is InChI=1S/C16H19FN2O2S/c1-11-10-22-16(18-11)15-9-19(6-7-21-15)8-14(20)12-4-2-3-5-13(12)17/h2-5,10,14-15,20H,6-9H2,1H3. The summed E-state index contributed by atoms with van der Waals surface area (Å²) in [5.74, 6) is -0.365. The first kappa shape index (κ1) is 15.6. The smallest absolute Gasteiger partial charge is 0.129 e. The number of benzene rings is 1. The van der Waals surface area contributed by atoms with Crippen LogP contribution in [0.1, 0.15) is 28.5 Å². The highest BCUT2D eigenvalue weighted by Crippen LogP contribution is 2.26. The predicted molar refractivity (Wildman–Crippen MR) is 83.3 cm³/mol. The van der Waals surface area contributed by atoms with E-state index in [9.17, 15) is 9.50 Å². The monoisotopic (exact) mass is 322 g/mol. The highest BCUT2D eigenvalue weighted by atomic mass is 32.1. The Labute approximate surface area is 133 Å². The zero-order valence-corrected chi connectivity index (χ0v) is 13.2. The van der Waals surface area contributed by atoms with Gasteiger partial charge >= 0.3 is 0 Å². The first-order chi connectivity index (χ1) is 10.6. The van der Waals surface area contributed by atoms with Crippen LogP contribution in [0.3, 0.4) is 0 Å². The number of thiazole rings is 1. The molecule has 4 nitrogen and oxygen atoms in total. The van der Waals surface area contributed by atoms with Crippen molar-refractivity contribution in [1.82, 2.24) is 9.88 Å². The summed E-state index contributed by atoms with van der Waals surface area (Å²) in [5, 5.41) is 13.2. The van der Waals surface area contributed by atoms with Crippen LogP contribution in [-0.2, 0) is 4.74 Å². The highest BCUT2D eigenvalue weighted by Gasteiger charge is 2.26. The van der Waals surface area contributed by atoms with Gasteiger partial charge in [-0.15, -0.1) is 11.3 Å². The SMILES string of the molecule is Cc1csc(C2CN(CC(O)c3ccccc3F)CCO2)n1. The molecule has 1 aliphatic heterocycles. The quantitative estimate of drug-likeness (QED) is 0.940. The summed E-state index contributed by atoms with van der Waals surface area (Å²) in [4.78, 5) is 6.56. The first-order valence-electron chi connectivity index (χ1n) is 7.32. The normalized spacial score (nSPS) is 21.0. The molecule has 0 spiro atoms. The van der Waals surface area contributed by atoms with Crippen molar-refractivity contribution >= 4 is 11.3 Å². The van der Waals surface area contributed by atoms with Gasteiger partial charge in [-0.25, -0.2) is 9.37 Å². The van der Waals surface area contributed by atoms with E-state index in [1.807, 2.05) is 12.3 Å². The Hall–Kier alpha value is -1.34. The Bertz CT molecular complexity index is 634. The van der Waals surface area contributed by atoms with Crippen LogP contribution in [0.4, 0.5) is 4.39 Å². The number of aliphatic hydroxyl groups is 1. The molecule has 0 radical (unpaired) electrons. The van der Waals surface area contributed by atoms with Gasteiger partial charge in [0.2, 0.25) is 0 Å². The Morgan fingerprint density at radius 1 is 1.50 bits per heavy atom. The minimum atomic E-state index is -0.835. The molecule has 0 aliphatic carbocycles. The maximum Gasteiger partial charge on any atom is 0.129 e. The number of nitrogens with zero attached hydrogens (tertiary/aromatic N) is 2. The van der Waals surface area contributed by atoms with Crippen LogP contribution in [0.2, 0.25) is 0 Å². The molecule has 3 rings (SSSR count). The summed E-state index contributed by atoms with van der Waals surface area (Å²) < 4.78 is 19.5. The number of aryl methyl sites for hydroxylation is 1. The van der Waals surface area contributed by atoms with Crippen molar-refractivity contribution in [3.05, 3.63) is 51.7 Å². The average Bonchev–Trinajstić information content (AvgIpc) is 2.94. The number of hydrogen-bond acceptors (Lipinski definition) is 5. The van der Waals surface area contributed by atoms with E-state index in [4.69, 9.17) is 4.74 Å². The van der Waals surface area contributed by atoms with Crippen molar-refractivity contribution in [2.75, 3.05) is 26.2 Å². The van der Waals surface area contributed by atoms with E-state index >= 15 is 0 Å². The Kier molecular flexibility index (Phi) is 4.83. The lowest BCUT2D eigenvalue weighted by atomic mass is 10.1. The van der Waals surface area contributed by atoms with Gasteiger partial charge in [-0.3, -0.25) is 4.90 Å². The zero-order chi connectivity index (χ0) is 15.5. The molecule has 1 saturated heterocycles. The maximum absolute atomic E-state index is 13.7. The third-order valence-electron chi connectivity index (χ3n) is 3.76. The van der Waals surface area contributed by atoms with E-state index in [0.717, 1.165) is 17.2 Å². The number of ether oxygens (including phenoxy) is 1. The number of aliphatic hydroxyl groups excluding tert-OH is 1. The summed E-state index contributed by atoms with van der Waals surface area (Å²) in [6.45, 7) is 4.34. The van der Waals surface area contributed by atoms with Gasteiger partial charge in [0, 0.05) is 36.3 Å². The zero-order valence-electron chi connectivity index (χ0n) is 12.4. The van der Waals surface area contributed by atoms with Crippen LogP contribution >= 0.6 is 11.3 Å². The minimum absolute atomic E-state index is 0.0692. The molecule has 1 aromatic carbocycles. The molecule has 1 aliphatic rings. The molecule has 1 aromatic heterocycles. The van der Waals surface area contributed by atoms with Crippen LogP contribution in [0, 0.1) is 12.7 Å². The molecule has 118 valence electrons. The lowest BCUT2D eigenvalue weighted by molar-refractivity contribution is -0.0427. The fourth-order valence-electron chi connectivity index (χ4n) is 2.63. The first-order valence-corrected chi connectivity index (χ1v) is 8.20. The summed E-state index contributed by atoms with van der Waals surface area (Å²) >= 11 is 1.59. The van der Waals surface area contributed by atoms with Crippen molar-refractivity contribution in [3.63, 3.8) is 0 Å². The van der Waals surface area contributed by atoms with E-state index in [1.54, 1.807) is 29.5 Å². The maximum atomic E-state index is 13.7. The van der Waals surface area contributed by atoms with Crippen LogP contribution in [0.15, 0.2) is 29.6 Å². The molecular weight excluding hydrogens is 303 g/mol. The lowest BCUT2D eigenvalue weighted by Gasteiger charge is -2.33. The second-order valence-electron chi connectivity index (χ2n) is 5.48. The van der Waals surface area contributed by atoms with Crippen LogP contribution in [0.25, 0.3) is 0 Å². The Morgan fingerprint density at radius 3 is 3.05 bits per heavy atom. The summed E-state index contributed by atoms with van der Waals surface area (Å²) in [5.41, 5.74) is 1.34. The highest BCUT2D eigenvalue weighted by molar-refractivity contribution is 7.09. The van der Waals surface area contributed by atoms with E-state index < -0.39 is 6.10 Å². The van der Waals surface area contributed by atoms with Gasteiger partial charge in [-0.2, -0.15) is 0 Å². The number of hydrogen-bond donors (Lipinski definition) is 1. The molecule has 2 aromatic rings. The number of halogens is 1. The van der Waals surface area contributed by atoms with Crippen molar-refractivity contribution in [1.29, 1.82) is 0 Å². The van der Waals surface area contributed by atoms with E-state index in [2.05, 4.69) is 9.88 Å². The average molecular weight is 322 g/mol. The van der Waals surface area contributed by atoms with Gasteiger partial charge in [0.1, 0.15) is 16.9 Å². The van der Waals surface area contributed by atoms with Crippen LogP contribution in [0.5, 0.6) is 0 Å². The van der Waals surface area contributed by atoms with Gasteiger partial charge in [-0.05, 0) is 13.0 Å². The third-order valence-corrected chi connectivity index (χ3v) is 4.81. The van der Waals surface area contributed by atoms with Gasteiger partial charge in [0.15, 0.2) is 0 Å². The molecule has 0 amide bonds. The van der Waals surface area contributed by atoms with Gasteiger partial charge in [0.05, 0.1) is 12.7 Å². The predicted octanol–water partition coefficient (Wildman–Crippen LogP) is 2.70. The molecule has 2 unspecified atom stereocenters. The molecule has 0 bridgehead atoms. The Morgan fingerprint density at radius 2 is 2.32 bits per heavy atom. The molecule has 2 heterocycles. The molecular formula is C16H19FN2O2S. The van der Waals surface area contributed by atoms with Gasteiger partial charge < -0.3 is 9.84 Å². The minimum Gasteiger partial charge on any atom is -0.387 e. The van der Waals surface area contributed by atoms with Crippen LogP contribution in [-0.4, -0.2) is 41.2 Å². The van der Waals surface area contributed by atoms with E-state index in [1.165, 1.54) is 6.07 Å². The van der Waals surface area contributed by atoms with E-state index in [-0.39, 0.29) is 11.9 Å². The number of morpholine rings is 1. The Balaban J connectivity index is 1.64. The molecule has 2 atom stereocenters. The fraction of sp³-hybridized carbons (Fsp3) is 0.438. The van der Waals surface area contributed by atoms with Gasteiger partial charge in [0.25, 0.3) is 0 Å². The number of β-amino-alcohol motifs (C(OH)–C–C–N with tert-alkyl or cyclic N) is 1. The van der Waals surface area contributed by atoms with Crippen molar-refractivity contribution in [2.24, 2.45) is 0 Å². The molecule has 0 saturated carbocycles. The number of aromatic nitrogens is 1. The summed E-state index contributed by atoms with van der Waals surface area (Å²) in [6, 6.07) is 6.37. The topological polar surface area (TPSA) is 45.6 Å². The number of rotatable bonds is 4. The summed E-state index contributed by atoms with van der Waals surface area (Å²) in [7, 11) is 0. The van der Waals surface area contributed by atoms with Crippen molar-refractivity contribution in [3.8, 4) is 0 Å². The lowest BCUT2D eigenvalue weighted by Crippen LogP contribution is -2.40. The fourth-order valence-corrected chi connectivity index (χ4v) is 3.46. The largest absolute Gasteiger partial charge is 0.387 e. The van der Waals surface area contributed by atoms with Crippen molar-refractivity contribution < 1.29 is 14.2 Å². The van der Waals surface area contributed by atoms with Crippen LogP contribution < -0.4 is 0 Å². The molecule has 1 N–H and O–H groups in total. The van der Waals surface area contributed by atoms with E-state index in [0.29, 0.717) is 25.3 Å².